The topological polar surface area (TPSA) is 29.9 Å². The van der Waals surface area contributed by atoms with Crippen LogP contribution in [0.4, 0.5) is 0 Å². The van der Waals surface area contributed by atoms with Crippen molar-refractivity contribution < 1.29 is 0 Å². The predicted octanol–water partition coefficient (Wildman–Crippen LogP) is 3.69. The van der Waals surface area contributed by atoms with E-state index in [0.717, 1.165) is 31.8 Å². The second kappa shape index (κ2) is 7.41. The molecule has 3 nitrogen and oxygen atoms in total. The summed E-state index contributed by atoms with van der Waals surface area (Å²) in [6.45, 7) is 10.7. The van der Waals surface area contributed by atoms with E-state index in [0.29, 0.717) is 6.04 Å². The fourth-order valence-electron chi connectivity index (χ4n) is 2.53. The van der Waals surface area contributed by atoms with Crippen LogP contribution in [0.15, 0.2) is 30.6 Å². The normalized spacial score (nSPS) is 11.3. The summed E-state index contributed by atoms with van der Waals surface area (Å²) < 4.78 is 2.27. The molecule has 2 rings (SSSR count). The third kappa shape index (κ3) is 4.43. The van der Waals surface area contributed by atoms with Crippen molar-refractivity contribution in [1.29, 1.82) is 0 Å². The van der Waals surface area contributed by atoms with Gasteiger partial charge in [-0.15, -0.1) is 0 Å². The van der Waals surface area contributed by atoms with Gasteiger partial charge >= 0.3 is 0 Å². The van der Waals surface area contributed by atoms with Gasteiger partial charge in [0.2, 0.25) is 0 Å². The van der Waals surface area contributed by atoms with E-state index in [1.807, 2.05) is 6.20 Å². The van der Waals surface area contributed by atoms with Gasteiger partial charge in [-0.2, -0.15) is 0 Å². The number of hydrogen-bond acceptors (Lipinski definition) is 2. The van der Waals surface area contributed by atoms with Crippen LogP contribution in [0.5, 0.6) is 0 Å². The summed E-state index contributed by atoms with van der Waals surface area (Å²) in [6, 6.07) is 7.23. The minimum Gasteiger partial charge on any atom is -0.335 e. The lowest BCUT2D eigenvalue weighted by molar-refractivity contribution is 0.585. The van der Waals surface area contributed by atoms with Crippen LogP contribution in [0.3, 0.4) is 0 Å². The number of imidazole rings is 1. The van der Waals surface area contributed by atoms with Gasteiger partial charge < -0.3 is 9.88 Å². The van der Waals surface area contributed by atoms with Crippen LogP contribution in [-0.2, 0) is 19.5 Å². The molecular formula is C18H27N3. The molecule has 1 heterocycles. The first-order chi connectivity index (χ1) is 10.1. The second-order valence-electron chi connectivity index (χ2n) is 6.02. The third-order valence-corrected chi connectivity index (χ3v) is 3.68. The van der Waals surface area contributed by atoms with Gasteiger partial charge in [0.15, 0.2) is 0 Å². The minimum atomic E-state index is 0.501. The van der Waals surface area contributed by atoms with Crippen LogP contribution >= 0.6 is 0 Å². The summed E-state index contributed by atoms with van der Waals surface area (Å²) in [7, 11) is 0. The molecular weight excluding hydrogens is 258 g/mol. The number of benzene rings is 1. The molecule has 0 fully saturated rings. The highest BCUT2D eigenvalue weighted by Crippen LogP contribution is 2.16. The van der Waals surface area contributed by atoms with Crippen LogP contribution in [0, 0.1) is 6.92 Å². The molecule has 3 heteroatoms. The van der Waals surface area contributed by atoms with Crippen molar-refractivity contribution in [1.82, 2.24) is 14.9 Å². The van der Waals surface area contributed by atoms with Crippen LogP contribution in [-0.4, -0.2) is 15.6 Å². The summed E-state index contributed by atoms with van der Waals surface area (Å²) in [5.41, 5.74) is 4.07. The Kier molecular flexibility index (Phi) is 5.57. The van der Waals surface area contributed by atoms with Crippen molar-refractivity contribution in [2.45, 2.75) is 59.7 Å². The average molecular weight is 285 g/mol. The molecule has 0 saturated carbocycles. The summed E-state index contributed by atoms with van der Waals surface area (Å²) in [6.07, 6.45) is 6.04. The summed E-state index contributed by atoms with van der Waals surface area (Å²) >= 11 is 0. The zero-order valence-electron chi connectivity index (χ0n) is 13.7. The standard InChI is InChI=1S/C18H27N3/c1-5-9-21-10-8-19-18(21)12-17-11-15(4)6-7-16(17)13-20-14(2)3/h6-8,10-11,14,20H,5,9,12-13H2,1-4H3. The van der Waals surface area contributed by atoms with E-state index in [1.54, 1.807) is 0 Å². The van der Waals surface area contributed by atoms with Crippen LogP contribution in [0.2, 0.25) is 0 Å². The highest BCUT2D eigenvalue weighted by atomic mass is 15.1. The molecule has 21 heavy (non-hydrogen) atoms. The monoisotopic (exact) mass is 285 g/mol. The number of aryl methyl sites for hydroxylation is 2. The molecule has 0 aliphatic heterocycles. The molecule has 1 aromatic heterocycles. The molecule has 0 amide bonds. The Morgan fingerprint density at radius 1 is 1.24 bits per heavy atom. The molecule has 2 aromatic rings. The van der Waals surface area contributed by atoms with Gasteiger partial charge in [-0.05, 0) is 24.5 Å². The average Bonchev–Trinajstić information content (AvgIpc) is 2.85. The lowest BCUT2D eigenvalue weighted by Gasteiger charge is -2.14. The Morgan fingerprint density at radius 2 is 2.05 bits per heavy atom. The highest BCUT2D eigenvalue weighted by Gasteiger charge is 2.09. The SMILES string of the molecule is CCCn1ccnc1Cc1cc(C)ccc1CNC(C)C. The Bertz CT molecular complexity index is 570. The molecule has 0 aliphatic rings. The quantitative estimate of drug-likeness (QED) is 0.841. The van der Waals surface area contributed by atoms with Crippen LogP contribution in [0.25, 0.3) is 0 Å². The smallest absolute Gasteiger partial charge is 0.113 e. The maximum atomic E-state index is 4.54. The van der Waals surface area contributed by atoms with Crippen LogP contribution in [0.1, 0.15) is 49.7 Å². The molecule has 1 N–H and O–H groups in total. The van der Waals surface area contributed by atoms with E-state index >= 15 is 0 Å². The summed E-state index contributed by atoms with van der Waals surface area (Å²) in [5, 5.41) is 3.51. The predicted molar refractivity (Wildman–Crippen MR) is 88.5 cm³/mol. The highest BCUT2D eigenvalue weighted by molar-refractivity contribution is 5.33. The number of aromatic nitrogens is 2. The van der Waals surface area contributed by atoms with E-state index in [9.17, 15) is 0 Å². The van der Waals surface area contributed by atoms with E-state index < -0.39 is 0 Å². The van der Waals surface area contributed by atoms with Gasteiger partial charge in [-0.1, -0.05) is 44.5 Å². The zero-order chi connectivity index (χ0) is 15.2. The lowest BCUT2D eigenvalue weighted by Crippen LogP contribution is -2.22. The number of nitrogens with zero attached hydrogens (tertiary/aromatic N) is 2. The van der Waals surface area contributed by atoms with Crippen molar-refractivity contribution >= 4 is 0 Å². The number of rotatable bonds is 7. The van der Waals surface area contributed by atoms with E-state index in [-0.39, 0.29) is 0 Å². The second-order valence-corrected chi connectivity index (χ2v) is 6.02. The maximum Gasteiger partial charge on any atom is 0.113 e. The van der Waals surface area contributed by atoms with Crippen molar-refractivity contribution in [2.24, 2.45) is 0 Å². The summed E-state index contributed by atoms with van der Waals surface area (Å²) in [4.78, 5) is 4.54. The van der Waals surface area contributed by atoms with Gasteiger partial charge in [0.25, 0.3) is 0 Å². The van der Waals surface area contributed by atoms with Crippen LogP contribution < -0.4 is 5.32 Å². The fraction of sp³-hybridized carbons (Fsp3) is 0.500. The van der Waals surface area contributed by atoms with Crippen molar-refractivity contribution in [3.63, 3.8) is 0 Å². The molecule has 114 valence electrons. The molecule has 0 saturated heterocycles. The molecule has 0 aliphatic carbocycles. The molecule has 0 atom stereocenters. The number of nitrogens with one attached hydrogen (secondary N) is 1. The van der Waals surface area contributed by atoms with Gasteiger partial charge in [-0.25, -0.2) is 4.98 Å². The first-order valence-electron chi connectivity index (χ1n) is 7.92. The first-order valence-corrected chi connectivity index (χ1v) is 7.92. The Labute approximate surface area is 128 Å². The fourth-order valence-corrected chi connectivity index (χ4v) is 2.53. The van der Waals surface area contributed by atoms with Gasteiger partial charge in [-0.3, -0.25) is 0 Å². The molecule has 1 aromatic carbocycles. The third-order valence-electron chi connectivity index (χ3n) is 3.68. The summed E-state index contributed by atoms with van der Waals surface area (Å²) in [5.74, 6) is 1.16. The molecule has 0 radical (unpaired) electrons. The Hall–Kier alpha value is -1.61. The lowest BCUT2D eigenvalue weighted by atomic mass is 10.0. The van der Waals surface area contributed by atoms with Gasteiger partial charge in [0.1, 0.15) is 5.82 Å². The molecule has 0 unspecified atom stereocenters. The van der Waals surface area contributed by atoms with Crippen molar-refractivity contribution in [2.75, 3.05) is 0 Å². The maximum absolute atomic E-state index is 4.54. The van der Waals surface area contributed by atoms with E-state index in [4.69, 9.17) is 0 Å². The van der Waals surface area contributed by atoms with E-state index in [1.165, 1.54) is 16.7 Å². The van der Waals surface area contributed by atoms with Gasteiger partial charge in [0, 0.05) is 37.9 Å². The van der Waals surface area contributed by atoms with E-state index in [2.05, 4.69) is 67.0 Å². The van der Waals surface area contributed by atoms with Crippen molar-refractivity contribution in [3.05, 3.63) is 53.1 Å². The van der Waals surface area contributed by atoms with Crippen molar-refractivity contribution in [3.8, 4) is 0 Å². The first kappa shape index (κ1) is 15.8. The Balaban J connectivity index is 2.21. The van der Waals surface area contributed by atoms with Gasteiger partial charge in [0.05, 0.1) is 0 Å². The molecule has 0 bridgehead atoms. The number of hydrogen-bond donors (Lipinski definition) is 1. The minimum absolute atomic E-state index is 0.501. The Morgan fingerprint density at radius 3 is 2.76 bits per heavy atom. The molecule has 0 spiro atoms. The largest absolute Gasteiger partial charge is 0.335 e. The zero-order valence-corrected chi connectivity index (χ0v) is 13.7.